The van der Waals surface area contributed by atoms with Crippen molar-refractivity contribution in [3.8, 4) is 5.75 Å². The molecule has 0 aliphatic carbocycles. The number of ether oxygens (including phenoxy) is 1. The fraction of sp³-hybridized carbons (Fsp3) is 0.368. The van der Waals surface area contributed by atoms with E-state index in [2.05, 4.69) is 49.4 Å². The minimum absolute atomic E-state index is 0.191. The highest BCUT2D eigenvalue weighted by molar-refractivity contribution is 5.39. The Labute approximate surface area is 127 Å². The van der Waals surface area contributed by atoms with Crippen molar-refractivity contribution in [3.05, 3.63) is 65.2 Å². The molecule has 0 heterocycles. The lowest BCUT2D eigenvalue weighted by atomic mass is 9.98. The van der Waals surface area contributed by atoms with Crippen LogP contribution in [0.2, 0.25) is 0 Å². The first-order chi connectivity index (χ1) is 10.2. The van der Waals surface area contributed by atoms with Gasteiger partial charge in [-0.3, -0.25) is 0 Å². The average Bonchev–Trinajstić information content (AvgIpc) is 2.51. The van der Waals surface area contributed by atoms with Gasteiger partial charge in [0.15, 0.2) is 0 Å². The van der Waals surface area contributed by atoms with Crippen LogP contribution in [-0.4, -0.2) is 12.6 Å². The predicted octanol–water partition coefficient (Wildman–Crippen LogP) is 3.96. The van der Waals surface area contributed by atoms with Gasteiger partial charge in [-0.05, 0) is 48.9 Å². The predicted molar refractivity (Wildman–Crippen MR) is 88.8 cm³/mol. The lowest BCUT2D eigenvalue weighted by Gasteiger charge is -2.15. The van der Waals surface area contributed by atoms with Crippen LogP contribution in [0.4, 0.5) is 0 Å². The van der Waals surface area contributed by atoms with E-state index in [9.17, 15) is 0 Å². The summed E-state index contributed by atoms with van der Waals surface area (Å²) in [6.45, 7) is 4.83. The molecule has 0 saturated carbocycles. The van der Waals surface area contributed by atoms with Crippen LogP contribution in [0.3, 0.4) is 0 Å². The SMILES string of the molecule is CCOc1ccc(Cc2ccccc2)cc1CC(N)CC. The van der Waals surface area contributed by atoms with Crippen molar-refractivity contribution >= 4 is 0 Å². The summed E-state index contributed by atoms with van der Waals surface area (Å²) in [5.41, 5.74) is 9.97. The maximum absolute atomic E-state index is 6.12. The van der Waals surface area contributed by atoms with Crippen molar-refractivity contribution in [2.75, 3.05) is 6.61 Å². The van der Waals surface area contributed by atoms with Crippen molar-refractivity contribution in [3.63, 3.8) is 0 Å². The highest BCUT2D eigenvalue weighted by atomic mass is 16.5. The molecule has 2 nitrogen and oxygen atoms in total. The van der Waals surface area contributed by atoms with Gasteiger partial charge in [-0.1, -0.05) is 49.4 Å². The second-order valence-electron chi connectivity index (χ2n) is 5.41. The average molecular weight is 283 g/mol. The number of nitrogens with two attached hydrogens (primary N) is 1. The van der Waals surface area contributed by atoms with Crippen LogP contribution in [0, 0.1) is 0 Å². The van der Waals surface area contributed by atoms with Gasteiger partial charge in [-0.2, -0.15) is 0 Å². The molecule has 1 atom stereocenters. The van der Waals surface area contributed by atoms with E-state index in [-0.39, 0.29) is 6.04 Å². The maximum atomic E-state index is 6.12. The Kier molecular flexibility index (Phi) is 5.82. The van der Waals surface area contributed by atoms with E-state index in [0.717, 1.165) is 25.0 Å². The molecule has 0 radical (unpaired) electrons. The van der Waals surface area contributed by atoms with Crippen molar-refractivity contribution < 1.29 is 4.74 Å². The van der Waals surface area contributed by atoms with Gasteiger partial charge in [0.2, 0.25) is 0 Å². The van der Waals surface area contributed by atoms with Crippen molar-refractivity contribution in [2.24, 2.45) is 5.73 Å². The Bertz CT molecular complexity index is 551. The van der Waals surface area contributed by atoms with Gasteiger partial charge in [-0.25, -0.2) is 0 Å². The fourth-order valence-corrected chi connectivity index (χ4v) is 2.46. The number of benzene rings is 2. The zero-order chi connectivity index (χ0) is 15.1. The Morgan fingerprint density at radius 3 is 2.43 bits per heavy atom. The van der Waals surface area contributed by atoms with Crippen LogP contribution in [0.25, 0.3) is 0 Å². The topological polar surface area (TPSA) is 35.2 Å². The van der Waals surface area contributed by atoms with Crippen LogP contribution < -0.4 is 10.5 Å². The van der Waals surface area contributed by atoms with E-state index in [1.807, 2.05) is 13.0 Å². The Morgan fingerprint density at radius 2 is 1.76 bits per heavy atom. The molecular weight excluding hydrogens is 258 g/mol. The minimum atomic E-state index is 0.191. The van der Waals surface area contributed by atoms with Gasteiger partial charge in [0.1, 0.15) is 5.75 Å². The normalized spacial score (nSPS) is 12.1. The molecule has 0 aliphatic heterocycles. The molecule has 0 fully saturated rings. The van der Waals surface area contributed by atoms with Crippen molar-refractivity contribution in [1.29, 1.82) is 0 Å². The monoisotopic (exact) mass is 283 g/mol. The van der Waals surface area contributed by atoms with E-state index in [4.69, 9.17) is 10.5 Å². The van der Waals surface area contributed by atoms with Gasteiger partial charge in [0.05, 0.1) is 6.61 Å². The molecule has 21 heavy (non-hydrogen) atoms. The van der Waals surface area contributed by atoms with E-state index in [1.54, 1.807) is 0 Å². The summed E-state index contributed by atoms with van der Waals surface area (Å²) < 4.78 is 5.73. The molecule has 2 aromatic rings. The first kappa shape index (κ1) is 15.6. The molecule has 0 spiro atoms. The van der Waals surface area contributed by atoms with Crippen LogP contribution in [0.1, 0.15) is 37.0 Å². The summed E-state index contributed by atoms with van der Waals surface area (Å²) in [7, 11) is 0. The largest absolute Gasteiger partial charge is 0.494 e. The van der Waals surface area contributed by atoms with Gasteiger partial charge >= 0.3 is 0 Å². The summed E-state index contributed by atoms with van der Waals surface area (Å²) in [6.07, 6.45) is 2.80. The Balaban J connectivity index is 2.21. The summed E-state index contributed by atoms with van der Waals surface area (Å²) in [5.74, 6) is 0.971. The Morgan fingerprint density at radius 1 is 1.00 bits per heavy atom. The number of hydrogen-bond acceptors (Lipinski definition) is 2. The molecule has 0 bridgehead atoms. The zero-order valence-electron chi connectivity index (χ0n) is 13.0. The number of rotatable bonds is 7. The minimum Gasteiger partial charge on any atom is -0.494 e. The zero-order valence-corrected chi connectivity index (χ0v) is 13.0. The quantitative estimate of drug-likeness (QED) is 0.835. The fourth-order valence-electron chi connectivity index (χ4n) is 2.46. The third-order valence-electron chi connectivity index (χ3n) is 3.68. The molecule has 0 aromatic heterocycles. The third kappa shape index (κ3) is 4.61. The lowest BCUT2D eigenvalue weighted by molar-refractivity contribution is 0.335. The first-order valence-corrected chi connectivity index (χ1v) is 7.77. The van der Waals surface area contributed by atoms with Crippen LogP contribution in [-0.2, 0) is 12.8 Å². The molecule has 2 rings (SSSR count). The molecule has 112 valence electrons. The second-order valence-corrected chi connectivity index (χ2v) is 5.41. The summed E-state index contributed by atoms with van der Waals surface area (Å²) in [6, 6.07) is 17.2. The summed E-state index contributed by atoms with van der Waals surface area (Å²) >= 11 is 0. The number of hydrogen-bond donors (Lipinski definition) is 1. The van der Waals surface area contributed by atoms with Crippen LogP contribution >= 0.6 is 0 Å². The van der Waals surface area contributed by atoms with Crippen LogP contribution in [0.5, 0.6) is 5.75 Å². The third-order valence-corrected chi connectivity index (χ3v) is 3.68. The van der Waals surface area contributed by atoms with Crippen LogP contribution in [0.15, 0.2) is 48.5 Å². The molecule has 2 aromatic carbocycles. The molecule has 0 aliphatic rings. The van der Waals surface area contributed by atoms with Gasteiger partial charge in [-0.15, -0.1) is 0 Å². The van der Waals surface area contributed by atoms with Crippen molar-refractivity contribution in [2.45, 2.75) is 39.2 Å². The molecule has 1 unspecified atom stereocenters. The molecular formula is C19H25NO. The van der Waals surface area contributed by atoms with Gasteiger partial charge in [0.25, 0.3) is 0 Å². The molecule has 0 amide bonds. The van der Waals surface area contributed by atoms with E-state index in [1.165, 1.54) is 16.7 Å². The van der Waals surface area contributed by atoms with Gasteiger partial charge in [0, 0.05) is 6.04 Å². The first-order valence-electron chi connectivity index (χ1n) is 7.77. The van der Waals surface area contributed by atoms with Gasteiger partial charge < -0.3 is 10.5 Å². The summed E-state index contributed by atoms with van der Waals surface area (Å²) in [4.78, 5) is 0. The highest BCUT2D eigenvalue weighted by Gasteiger charge is 2.09. The maximum Gasteiger partial charge on any atom is 0.122 e. The van der Waals surface area contributed by atoms with E-state index < -0.39 is 0 Å². The molecule has 2 heteroatoms. The molecule has 0 saturated heterocycles. The lowest BCUT2D eigenvalue weighted by Crippen LogP contribution is -2.21. The van der Waals surface area contributed by atoms with E-state index >= 15 is 0 Å². The van der Waals surface area contributed by atoms with E-state index in [0.29, 0.717) is 6.61 Å². The highest BCUT2D eigenvalue weighted by Crippen LogP contribution is 2.23. The standard InChI is InChI=1S/C19H25NO/c1-3-18(20)14-17-13-16(10-11-19(17)21-4-2)12-15-8-6-5-7-9-15/h5-11,13,18H,3-4,12,14,20H2,1-2H3. The Hall–Kier alpha value is -1.80. The summed E-state index contributed by atoms with van der Waals surface area (Å²) in [5, 5.41) is 0. The second kappa shape index (κ2) is 7.84. The van der Waals surface area contributed by atoms with Crippen molar-refractivity contribution in [1.82, 2.24) is 0 Å². The molecule has 2 N–H and O–H groups in total. The smallest absolute Gasteiger partial charge is 0.122 e.